The van der Waals surface area contributed by atoms with Crippen LogP contribution in [0.4, 0.5) is 0 Å². The van der Waals surface area contributed by atoms with Gasteiger partial charge in [0.05, 0.1) is 16.7 Å². The minimum atomic E-state index is -0.685. The van der Waals surface area contributed by atoms with Gasteiger partial charge in [-0.2, -0.15) is 0 Å². The summed E-state index contributed by atoms with van der Waals surface area (Å²) in [4.78, 5) is 12.9. The van der Waals surface area contributed by atoms with Crippen LogP contribution in [-0.2, 0) is 10.3 Å². The highest BCUT2D eigenvalue weighted by Gasteiger charge is 2.40. The van der Waals surface area contributed by atoms with E-state index in [1.54, 1.807) is 6.07 Å². The molecule has 1 saturated heterocycles. The first-order valence-corrected chi connectivity index (χ1v) is 10.4. The number of hydrogen-bond acceptors (Lipinski definition) is 3. The van der Waals surface area contributed by atoms with Crippen molar-refractivity contribution in [1.82, 2.24) is 0 Å². The van der Waals surface area contributed by atoms with Crippen LogP contribution in [0.15, 0.2) is 36.4 Å². The molecule has 0 aliphatic carbocycles. The molecule has 0 bridgehead atoms. The highest BCUT2D eigenvalue weighted by atomic mass is 127. The van der Waals surface area contributed by atoms with Gasteiger partial charge in [0, 0.05) is 21.4 Å². The summed E-state index contributed by atoms with van der Waals surface area (Å²) in [7, 11) is 0. The van der Waals surface area contributed by atoms with Crippen molar-refractivity contribution in [3.05, 3.63) is 59.7 Å². The quantitative estimate of drug-likeness (QED) is 0.428. The predicted octanol–water partition coefficient (Wildman–Crippen LogP) is 3.66. The number of ether oxygens (including phenoxy) is 1. The number of quaternary nitrogens is 1. The maximum atomic E-state index is 12.9. The molecule has 0 unspecified atom stereocenters. The molecule has 1 fully saturated rings. The molecule has 0 amide bonds. The SMILES string of the molecule is O=C(OC1(c2ccc(Cl)cc2)CC[NH2+]CC1)c1cc(I)cc(I)c1O. The number of carbonyl (C=O) groups is 1. The Bertz CT molecular complexity index is 790. The Morgan fingerprint density at radius 3 is 2.44 bits per heavy atom. The number of halogens is 3. The second kappa shape index (κ2) is 7.98. The van der Waals surface area contributed by atoms with E-state index >= 15 is 0 Å². The average Bonchev–Trinajstić information content (AvgIpc) is 2.59. The fraction of sp³-hybridized carbons (Fsp3) is 0.278. The van der Waals surface area contributed by atoms with Gasteiger partial charge in [0.2, 0.25) is 0 Å². The van der Waals surface area contributed by atoms with Crippen LogP contribution < -0.4 is 5.32 Å². The molecule has 0 saturated carbocycles. The van der Waals surface area contributed by atoms with Crippen molar-refractivity contribution in [2.45, 2.75) is 18.4 Å². The lowest BCUT2D eigenvalue weighted by Gasteiger charge is -2.36. The summed E-state index contributed by atoms with van der Waals surface area (Å²) in [5.74, 6) is -0.523. The minimum Gasteiger partial charge on any atom is -0.506 e. The van der Waals surface area contributed by atoms with E-state index in [0.29, 0.717) is 8.59 Å². The number of piperidine rings is 1. The van der Waals surface area contributed by atoms with E-state index in [9.17, 15) is 9.90 Å². The van der Waals surface area contributed by atoms with Gasteiger partial charge < -0.3 is 15.2 Å². The molecule has 0 aromatic heterocycles. The molecule has 3 N–H and O–H groups in total. The third-order valence-electron chi connectivity index (χ3n) is 4.41. The Hall–Kier alpha value is -0.580. The molecule has 1 aliphatic heterocycles. The Morgan fingerprint density at radius 2 is 1.80 bits per heavy atom. The van der Waals surface area contributed by atoms with Crippen LogP contribution in [0.25, 0.3) is 0 Å². The molecule has 7 heteroatoms. The van der Waals surface area contributed by atoms with E-state index in [-0.39, 0.29) is 11.3 Å². The summed E-state index contributed by atoms with van der Waals surface area (Å²) >= 11 is 10.1. The number of aromatic hydroxyl groups is 1. The van der Waals surface area contributed by atoms with Crippen LogP contribution in [0, 0.1) is 7.14 Å². The molecule has 25 heavy (non-hydrogen) atoms. The second-order valence-corrected chi connectivity index (χ2v) is 8.88. The van der Waals surface area contributed by atoms with Crippen LogP contribution in [-0.4, -0.2) is 24.2 Å². The van der Waals surface area contributed by atoms with Gasteiger partial charge in [0.1, 0.15) is 16.9 Å². The Labute approximate surface area is 178 Å². The van der Waals surface area contributed by atoms with Crippen LogP contribution in [0.2, 0.25) is 5.02 Å². The molecule has 0 spiro atoms. The maximum Gasteiger partial charge on any atom is 0.342 e. The van der Waals surface area contributed by atoms with Gasteiger partial charge in [-0.15, -0.1) is 0 Å². The molecular formula is C18H17ClI2NO3+. The van der Waals surface area contributed by atoms with E-state index in [1.165, 1.54) is 0 Å². The number of phenolic OH excluding ortho intramolecular Hbond substituents is 1. The fourth-order valence-electron chi connectivity index (χ4n) is 3.10. The largest absolute Gasteiger partial charge is 0.506 e. The Morgan fingerprint density at radius 1 is 1.16 bits per heavy atom. The summed E-state index contributed by atoms with van der Waals surface area (Å²) in [5.41, 5.74) is 0.465. The fourth-order valence-corrected chi connectivity index (χ4v) is 5.07. The first-order valence-electron chi connectivity index (χ1n) is 7.90. The highest BCUT2D eigenvalue weighted by Crippen LogP contribution is 2.37. The van der Waals surface area contributed by atoms with E-state index in [2.05, 4.69) is 27.9 Å². The zero-order valence-electron chi connectivity index (χ0n) is 13.3. The van der Waals surface area contributed by atoms with Gasteiger partial charge in [-0.3, -0.25) is 0 Å². The van der Waals surface area contributed by atoms with Gasteiger partial charge in [0.25, 0.3) is 0 Å². The van der Waals surface area contributed by atoms with Crippen molar-refractivity contribution in [2.75, 3.05) is 13.1 Å². The number of phenols is 1. The number of rotatable bonds is 3. The lowest BCUT2D eigenvalue weighted by atomic mass is 9.84. The highest BCUT2D eigenvalue weighted by molar-refractivity contribution is 14.1. The van der Waals surface area contributed by atoms with Crippen LogP contribution >= 0.6 is 56.8 Å². The van der Waals surface area contributed by atoms with Gasteiger partial charge in [-0.05, 0) is 75.0 Å². The van der Waals surface area contributed by atoms with Crippen LogP contribution in [0.1, 0.15) is 28.8 Å². The van der Waals surface area contributed by atoms with E-state index in [0.717, 1.165) is 35.1 Å². The molecule has 3 rings (SSSR count). The van der Waals surface area contributed by atoms with E-state index < -0.39 is 11.6 Å². The number of carbonyl (C=O) groups excluding carboxylic acids is 1. The number of benzene rings is 2. The van der Waals surface area contributed by atoms with Crippen molar-refractivity contribution in [1.29, 1.82) is 0 Å². The lowest BCUT2D eigenvalue weighted by Crippen LogP contribution is -2.87. The third kappa shape index (κ3) is 4.23. The number of esters is 1. The summed E-state index contributed by atoms with van der Waals surface area (Å²) in [6.07, 6.45) is 1.45. The van der Waals surface area contributed by atoms with Gasteiger partial charge in [-0.25, -0.2) is 4.79 Å². The number of nitrogens with two attached hydrogens (primary N) is 1. The minimum absolute atomic E-state index is 0.0281. The summed E-state index contributed by atoms with van der Waals surface area (Å²) in [6.45, 7) is 1.76. The zero-order valence-corrected chi connectivity index (χ0v) is 18.3. The Kier molecular flexibility index (Phi) is 6.12. The summed E-state index contributed by atoms with van der Waals surface area (Å²) in [5, 5.41) is 13.1. The Balaban J connectivity index is 1.96. The predicted molar refractivity (Wildman–Crippen MR) is 113 cm³/mol. The van der Waals surface area contributed by atoms with Crippen molar-refractivity contribution < 1.29 is 20.0 Å². The average molecular weight is 585 g/mol. The van der Waals surface area contributed by atoms with Gasteiger partial charge >= 0.3 is 5.97 Å². The topological polar surface area (TPSA) is 63.1 Å². The zero-order chi connectivity index (χ0) is 18.0. The lowest BCUT2D eigenvalue weighted by molar-refractivity contribution is -0.668. The third-order valence-corrected chi connectivity index (χ3v) is 6.11. The van der Waals surface area contributed by atoms with Crippen LogP contribution in [0.3, 0.4) is 0 Å². The van der Waals surface area contributed by atoms with Crippen molar-refractivity contribution in [3.8, 4) is 5.75 Å². The summed E-state index contributed by atoms with van der Waals surface area (Å²) < 4.78 is 7.53. The van der Waals surface area contributed by atoms with Crippen LogP contribution in [0.5, 0.6) is 5.75 Å². The van der Waals surface area contributed by atoms with Crippen molar-refractivity contribution in [3.63, 3.8) is 0 Å². The first kappa shape index (κ1) is 19.2. The van der Waals surface area contributed by atoms with Gasteiger partial charge in [-0.1, -0.05) is 23.7 Å². The van der Waals surface area contributed by atoms with E-state index in [4.69, 9.17) is 16.3 Å². The van der Waals surface area contributed by atoms with E-state index in [1.807, 2.05) is 52.9 Å². The standard InChI is InChI=1S/C18H16ClI2NO3/c19-12-3-1-11(2-4-12)18(5-7-22-8-6-18)25-17(24)14-9-13(20)10-15(21)16(14)23/h1-4,9-10,22-23H,5-8H2/p+1. The molecule has 1 aliphatic rings. The number of hydrogen-bond donors (Lipinski definition) is 2. The smallest absolute Gasteiger partial charge is 0.342 e. The maximum absolute atomic E-state index is 12.9. The summed E-state index contributed by atoms with van der Waals surface area (Å²) in [6, 6.07) is 10.9. The van der Waals surface area contributed by atoms with Crippen molar-refractivity contribution in [2.24, 2.45) is 0 Å². The molecular weight excluding hydrogens is 567 g/mol. The monoisotopic (exact) mass is 584 g/mol. The van der Waals surface area contributed by atoms with Crippen molar-refractivity contribution >= 4 is 62.8 Å². The molecule has 1 heterocycles. The molecule has 0 radical (unpaired) electrons. The molecule has 132 valence electrons. The van der Waals surface area contributed by atoms with Gasteiger partial charge in [0.15, 0.2) is 0 Å². The molecule has 2 aromatic carbocycles. The normalized spacial score (nSPS) is 16.4. The first-order chi connectivity index (χ1) is 11.9. The molecule has 0 atom stereocenters. The second-order valence-electron chi connectivity index (χ2n) is 6.04. The molecule has 4 nitrogen and oxygen atoms in total. The molecule has 2 aromatic rings.